The topological polar surface area (TPSA) is 492 Å². The van der Waals surface area contributed by atoms with E-state index in [0.717, 1.165) is 32.8 Å². The van der Waals surface area contributed by atoms with Gasteiger partial charge in [-0.2, -0.15) is 0 Å². The fraction of sp³-hybridized carbons (Fsp3) is 0.911. The molecule has 3 aliphatic rings. The van der Waals surface area contributed by atoms with Gasteiger partial charge < -0.3 is 126 Å². The number of aliphatic hydroxyl groups excluding tert-OH is 9. The summed E-state index contributed by atoms with van der Waals surface area (Å²) in [5, 5.41) is 103. The number of carbonyl (C=O) groups is 5. The molecule has 0 saturated carbocycles. The molecule has 3 fully saturated rings. The first kappa shape index (κ1) is 84.7. The predicted octanol–water partition coefficient (Wildman–Crippen LogP) is -3.37. The fourth-order valence-corrected chi connectivity index (χ4v) is 9.53. The van der Waals surface area contributed by atoms with Crippen LogP contribution in [0.3, 0.4) is 0 Å². The summed E-state index contributed by atoms with van der Waals surface area (Å²) >= 11 is 0. The van der Waals surface area contributed by atoms with Crippen LogP contribution in [0.1, 0.15) is 112 Å². The molecule has 0 aliphatic carbocycles. The molecule has 530 valence electrons. The average molecular weight is 1330 g/mol. The molecule has 3 aliphatic heterocycles. The predicted molar refractivity (Wildman–Crippen MR) is 319 cm³/mol. The Balaban J connectivity index is 0.00000239. The third-order valence-electron chi connectivity index (χ3n) is 14.6. The van der Waals surface area contributed by atoms with Crippen LogP contribution in [0, 0.1) is 17.8 Å². The average Bonchev–Trinajstić information content (AvgIpc) is 0.996. The van der Waals surface area contributed by atoms with Crippen molar-refractivity contribution in [3.63, 3.8) is 0 Å². The van der Waals surface area contributed by atoms with Crippen LogP contribution in [0.4, 0.5) is 0 Å². The van der Waals surface area contributed by atoms with E-state index in [0.29, 0.717) is 25.8 Å². The van der Waals surface area contributed by atoms with Crippen molar-refractivity contribution in [3.05, 3.63) is 0 Å². The molecule has 0 aromatic carbocycles. The smallest absolute Gasteiger partial charge is 0.394 e. The summed E-state index contributed by atoms with van der Waals surface area (Å²) in [6, 6.07) is 0. The highest BCUT2D eigenvalue weighted by Crippen LogP contribution is 2.42. The molecule has 33 nitrogen and oxygen atoms in total. The molecule has 34 heteroatoms. The zero-order chi connectivity index (χ0) is 67.7. The molecule has 17 N–H and O–H groups in total. The summed E-state index contributed by atoms with van der Waals surface area (Å²) in [5.41, 5.74) is 3.81. The SMILES string of the molecule is CC.COCNC(=O)CC(=O)NC(CCC(=O)NCCCO[C@@H]1OC(CO)[C@H](O)[C@H](O)C1C)(COCCC(=O)NCCCO[C@@H]1OC(CO)[C@H](O)[C@H](O)C1C)COCCC(=O)NCCCO[C@@H]1OC(CO)[C@H](O)[C@H](O)C1C.COP(=O)(O)OCCCCCCN. The van der Waals surface area contributed by atoms with Crippen molar-refractivity contribution < 1.29 is 131 Å². The van der Waals surface area contributed by atoms with Gasteiger partial charge in [-0.3, -0.25) is 33.0 Å². The molecule has 16 atom stereocenters. The second-order valence-electron chi connectivity index (χ2n) is 21.8. The molecule has 90 heavy (non-hydrogen) atoms. The molecular formula is C56H109N6O27P. The summed E-state index contributed by atoms with van der Waals surface area (Å²) in [7, 11) is -1.26. The quantitative estimate of drug-likeness (QED) is 0.0123. The van der Waals surface area contributed by atoms with Crippen molar-refractivity contribution in [1.29, 1.82) is 0 Å². The molecule has 3 saturated heterocycles. The highest BCUT2D eigenvalue weighted by molar-refractivity contribution is 7.47. The van der Waals surface area contributed by atoms with Gasteiger partial charge in [-0.25, -0.2) is 4.57 Å². The van der Waals surface area contributed by atoms with Gasteiger partial charge >= 0.3 is 7.82 Å². The number of amides is 5. The number of nitrogens with one attached hydrogen (secondary N) is 5. The Hall–Kier alpha value is -3.30. The minimum Gasteiger partial charge on any atom is -0.394 e. The number of rotatable bonds is 44. The second-order valence-corrected chi connectivity index (χ2v) is 23.3. The lowest BCUT2D eigenvalue weighted by Crippen LogP contribution is -2.56. The zero-order valence-electron chi connectivity index (χ0n) is 53.4. The molecule has 0 aromatic heterocycles. The summed E-state index contributed by atoms with van der Waals surface area (Å²) in [6.45, 7) is 8.03. The Labute approximate surface area is 527 Å². The second kappa shape index (κ2) is 48.4. The van der Waals surface area contributed by atoms with E-state index in [9.17, 15) is 74.5 Å². The van der Waals surface area contributed by atoms with Crippen LogP contribution in [0.5, 0.6) is 0 Å². The summed E-state index contributed by atoms with van der Waals surface area (Å²) in [6.07, 6.45) is -9.58. The van der Waals surface area contributed by atoms with Crippen LogP contribution >= 0.6 is 7.82 Å². The van der Waals surface area contributed by atoms with Crippen LogP contribution in [0.2, 0.25) is 0 Å². The van der Waals surface area contributed by atoms with Gasteiger partial charge in [0.05, 0.1) is 96.5 Å². The Bertz CT molecular complexity index is 1930. The normalized spacial score (nSPS) is 27.9. The number of ether oxygens (including phenoxy) is 9. The maximum Gasteiger partial charge on any atom is 0.471 e. The van der Waals surface area contributed by atoms with Crippen LogP contribution in [-0.2, 0) is 80.2 Å². The Kier molecular flexibility index (Phi) is 45.6. The number of methoxy groups -OCH3 is 1. The van der Waals surface area contributed by atoms with Crippen LogP contribution in [0.15, 0.2) is 0 Å². The standard InChI is InChI=1S/C47H85N5O23.C7H18NO4P.C2H6/c1-27-38(61)41(64)30(21-53)73-44(27)70-15-5-12-48-33(56)8-11-47(52-37(60)20-36(59)51-26-67-4,24-68-18-9-34(57)49-13-6-16-71-45-28(2)39(62)42(65)31(22-54)74-45)25-69-19-10-35(58)50-14-7-17-72-46-29(3)40(63)43(66)32(23-55)75-46;1-11-13(9,10)12-7-5-3-2-4-6-8;1-2/h27-32,38-46,53-55,61-66H,5-26H2,1-4H3,(H,48,56)(H,49,57)(H,50,58)(H,51,59)(H,52,60);2-8H2,1H3,(H,9,10);1-2H3/t27?,28?,29?,30?,31?,32?,38-,39-,40-,41+,42+,43+,44-,45-,46-,47?;;/m1../s1. The van der Waals surface area contributed by atoms with Crippen molar-refractivity contribution in [2.24, 2.45) is 23.5 Å². The third-order valence-corrected chi connectivity index (χ3v) is 15.6. The monoisotopic (exact) mass is 1330 g/mol. The number of hydrogen-bond donors (Lipinski definition) is 16. The summed E-state index contributed by atoms with van der Waals surface area (Å²) in [4.78, 5) is 73.6. The van der Waals surface area contributed by atoms with E-state index in [1.54, 1.807) is 20.8 Å². The van der Waals surface area contributed by atoms with E-state index in [4.69, 9.17) is 53.3 Å². The highest BCUT2D eigenvalue weighted by atomic mass is 31.2. The van der Waals surface area contributed by atoms with E-state index >= 15 is 0 Å². The zero-order valence-corrected chi connectivity index (χ0v) is 54.3. The van der Waals surface area contributed by atoms with E-state index < -0.39 is 161 Å². The molecule has 3 rings (SSSR count). The largest absolute Gasteiger partial charge is 0.471 e. The number of phosphoric acid groups is 1. The Morgan fingerprint density at radius 1 is 0.511 bits per heavy atom. The molecule has 0 spiro atoms. The molecule has 7 unspecified atom stereocenters. The van der Waals surface area contributed by atoms with Crippen LogP contribution in [-0.4, -0.2) is 280 Å². The van der Waals surface area contributed by atoms with Crippen molar-refractivity contribution in [3.8, 4) is 0 Å². The van der Waals surface area contributed by atoms with Gasteiger partial charge in [-0.1, -0.05) is 47.5 Å². The van der Waals surface area contributed by atoms with Gasteiger partial charge in [0, 0.05) is 70.9 Å². The number of aliphatic hydroxyl groups is 9. The highest BCUT2D eigenvalue weighted by Gasteiger charge is 2.45. The fourth-order valence-electron chi connectivity index (χ4n) is 9.07. The van der Waals surface area contributed by atoms with E-state index in [1.807, 2.05) is 13.8 Å². The molecule has 3 heterocycles. The summed E-state index contributed by atoms with van der Waals surface area (Å²) < 4.78 is 70.2. The minimum absolute atomic E-state index is 0.0837. The number of nitrogens with two attached hydrogens (primary N) is 1. The molecular weight excluding hydrogens is 1220 g/mol. The van der Waals surface area contributed by atoms with E-state index in [2.05, 4.69) is 35.6 Å². The first-order valence-corrected chi connectivity index (χ1v) is 32.4. The van der Waals surface area contributed by atoms with E-state index in [-0.39, 0.29) is 105 Å². The molecule has 0 radical (unpaired) electrons. The van der Waals surface area contributed by atoms with Gasteiger partial charge in [0.25, 0.3) is 0 Å². The molecule has 5 amide bonds. The Morgan fingerprint density at radius 2 is 0.900 bits per heavy atom. The number of hydrogen-bond acceptors (Lipinski definition) is 27. The molecule has 0 aromatic rings. The maximum atomic E-state index is 13.4. The van der Waals surface area contributed by atoms with Crippen molar-refractivity contribution in [1.82, 2.24) is 26.6 Å². The van der Waals surface area contributed by atoms with Crippen LogP contribution < -0.4 is 32.3 Å². The van der Waals surface area contributed by atoms with Gasteiger partial charge in [0.15, 0.2) is 18.9 Å². The maximum absolute atomic E-state index is 13.4. The van der Waals surface area contributed by atoms with Crippen molar-refractivity contribution in [2.45, 2.75) is 191 Å². The lowest BCUT2D eigenvalue weighted by Gasteiger charge is -2.40. The number of carbonyl (C=O) groups excluding carboxylic acids is 5. The summed E-state index contributed by atoms with van der Waals surface area (Å²) in [5.74, 6) is -4.44. The van der Waals surface area contributed by atoms with Gasteiger partial charge in [0.1, 0.15) is 49.8 Å². The number of phosphoric ester groups is 1. The van der Waals surface area contributed by atoms with Crippen molar-refractivity contribution >= 4 is 37.4 Å². The van der Waals surface area contributed by atoms with Crippen molar-refractivity contribution in [2.75, 3.05) is 120 Å². The lowest BCUT2D eigenvalue weighted by atomic mass is 9.92. The Morgan fingerprint density at radius 3 is 1.27 bits per heavy atom. The van der Waals surface area contributed by atoms with Crippen LogP contribution in [0.25, 0.3) is 0 Å². The van der Waals surface area contributed by atoms with Gasteiger partial charge in [-0.15, -0.1) is 0 Å². The first-order chi connectivity index (χ1) is 42.9. The van der Waals surface area contributed by atoms with E-state index in [1.165, 1.54) is 7.11 Å². The first-order valence-electron chi connectivity index (χ1n) is 30.9. The lowest BCUT2D eigenvalue weighted by molar-refractivity contribution is -0.282. The molecule has 0 bridgehead atoms. The third kappa shape index (κ3) is 33.2. The minimum atomic E-state index is -3.75. The number of unbranched alkanes of at least 4 members (excludes halogenated alkanes) is 3. The van der Waals surface area contributed by atoms with Gasteiger partial charge in [0.2, 0.25) is 29.5 Å². The van der Waals surface area contributed by atoms with Gasteiger partial charge in [-0.05, 0) is 45.1 Å².